The van der Waals surface area contributed by atoms with E-state index in [9.17, 15) is 22.8 Å². The average molecular weight is 287 g/mol. The fraction of sp³-hybridized carbons (Fsp3) is 0.556. The third kappa shape index (κ3) is 8.74. The zero-order chi connectivity index (χ0) is 14.2. The van der Waals surface area contributed by atoms with Crippen LogP contribution in [0, 0.1) is 0 Å². The monoisotopic (exact) mass is 287 g/mol. The number of halogens is 3. The molecule has 18 heavy (non-hydrogen) atoms. The Morgan fingerprint density at radius 3 is 2.56 bits per heavy atom. The second-order valence-electron chi connectivity index (χ2n) is 3.01. The van der Waals surface area contributed by atoms with Gasteiger partial charge in [0.05, 0.1) is 0 Å². The molecule has 0 unspecified atom stereocenters. The molecule has 0 saturated carbocycles. The summed E-state index contributed by atoms with van der Waals surface area (Å²) < 4.78 is 39.9. The summed E-state index contributed by atoms with van der Waals surface area (Å²) in [6.45, 7) is 3.16. The van der Waals surface area contributed by atoms with Crippen LogP contribution < -0.4 is 5.32 Å². The van der Waals surface area contributed by atoms with Crippen molar-refractivity contribution in [1.82, 2.24) is 5.32 Å². The molecule has 0 saturated heterocycles. The Morgan fingerprint density at radius 2 is 2.11 bits per heavy atom. The van der Waals surface area contributed by atoms with E-state index in [0.717, 1.165) is 0 Å². The predicted molar refractivity (Wildman–Crippen MR) is 59.2 cm³/mol. The van der Waals surface area contributed by atoms with Gasteiger partial charge in [-0.15, -0.1) is 0 Å². The van der Waals surface area contributed by atoms with Gasteiger partial charge in [-0.05, 0) is 6.42 Å². The summed E-state index contributed by atoms with van der Waals surface area (Å²) >= 11 is -0.347. The number of carboxylic acid groups (broad SMARTS) is 1. The molecule has 5 nitrogen and oxygen atoms in total. The fourth-order valence-electron chi connectivity index (χ4n) is 0.868. The highest BCUT2D eigenvalue weighted by Crippen LogP contribution is 2.30. The van der Waals surface area contributed by atoms with Gasteiger partial charge in [0.1, 0.15) is 12.6 Å². The summed E-state index contributed by atoms with van der Waals surface area (Å²) in [5, 5.41) is 10.6. The summed E-state index contributed by atoms with van der Waals surface area (Å²) in [5.41, 5.74) is -4.42. The molecule has 0 heterocycles. The van der Waals surface area contributed by atoms with Crippen molar-refractivity contribution in [3.63, 3.8) is 0 Å². The number of hydrogen-bond donors (Lipinski definition) is 2. The molecular weight excluding hydrogens is 275 g/mol. The molecule has 1 atom stereocenters. The number of carbonyl (C=O) groups is 2. The summed E-state index contributed by atoms with van der Waals surface area (Å²) in [6, 6.07) is -1.42. The molecule has 0 aliphatic carbocycles. The zero-order valence-electron chi connectivity index (χ0n) is 9.20. The molecule has 0 spiro atoms. The van der Waals surface area contributed by atoms with Gasteiger partial charge in [0.2, 0.25) is 0 Å². The lowest BCUT2D eigenvalue weighted by molar-refractivity contribution is -0.139. The van der Waals surface area contributed by atoms with Gasteiger partial charge >= 0.3 is 17.6 Å². The molecule has 1 amide bonds. The number of nitrogens with one attached hydrogen (secondary N) is 1. The number of alkyl carbamates (subject to hydrolysis) is 1. The second kappa shape index (κ2) is 7.85. The Morgan fingerprint density at radius 1 is 1.50 bits per heavy atom. The molecule has 0 aromatic heterocycles. The Balaban J connectivity index is 4.11. The van der Waals surface area contributed by atoms with E-state index in [1.54, 1.807) is 0 Å². The summed E-state index contributed by atoms with van der Waals surface area (Å²) in [4.78, 5) is 21.7. The third-order valence-corrected chi connectivity index (χ3v) is 2.36. The molecule has 0 bridgehead atoms. The van der Waals surface area contributed by atoms with Crippen molar-refractivity contribution in [2.75, 3.05) is 12.4 Å². The standard InChI is InChI=1S/C9H12F3NO4S/c1-2-4-17-8(16)13-6(7(14)15)3-5-18-9(10,11)12/h2,6H,1,3-5H2,(H,13,16)(H,14,15)/t6-/m1/s1. The number of alkyl halides is 3. The van der Waals surface area contributed by atoms with Crippen molar-refractivity contribution in [2.45, 2.75) is 18.0 Å². The molecule has 0 aromatic rings. The predicted octanol–water partition coefficient (Wildman–Crippen LogP) is 1.99. The number of carboxylic acids is 1. The molecule has 0 aliphatic rings. The van der Waals surface area contributed by atoms with Crippen LogP contribution in [0.25, 0.3) is 0 Å². The van der Waals surface area contributed by atoms with Gasteiger partial charge in [-0.1, -0.05) is 24.4 Å². The lowest BCUT2D eigenvalue weighted by Crippen LogP contribution is -2.41. The van der Waals surface area contributed by atoms with Gasteiger partial charge < -0.3 is 15.2 Å². The van der Waals surface area contributed by atoms with Crippen molar-refractivity contribution in [3.8, 4) is 0 Å². The minimum Gasteiger partial charge on any atom is -0.480 e. The number of amides is 1. The van der Waals surface area contributed by atoms with E-state index in [-0.39, 0.29) is 24.8 Å². The highest BCUT2D eigenvalue weighted by atomic mass is 32.2. The van der Waals surface area contributed by atoms with Crippen molar-refractivity contribution in [3.05, 3.63) is 12.7 Å². The van der Waals surface area contributed by atoms with E-state index in [2.05, 4.69) is 11.3 Å². The molecular formula is C9H12F3NO4S. The van der Waals surface area contributed by atoms with Crippen LogP contribution in [0.1, 0.15) is 6.42 Å². The topological polar surface area (TPSA) is 75.6 Å². The van der Waals surface area contributed by atoms with Gasteiger partial charge in [0.15, 0.2) is 0 Å². The number of thioether (sulfide) groups is 1. The number of hydrogen-bond acceptors (Lipinski definition) is 4. The van der Waals surface area contributed by atoms with Crippen molar-refractivity contribution in [2.24, 2.45) is 0 Å². The van der Waals surface area contributed by atoms with E-state index >= 15 is 0 Å². The first-order valence-electron chi connectivity index (χ1n) is 4.74. The molecule has 9 heteroatoms. The van der Waals surface area contributed by atoms with E-state index in [4.69, 9.17) is 5.11 Å². The molecule has 104 valence electrons. The molecule has 0 fully saturated rings. The Labute approximate surface area is 105 Å². The summed E-state index contributed by atoms with van der Waals surface area (Å²) in [6.07, 6.45) is -0.100. The van der Waals surface area contributed by atoms with Crippen LogP contribution in [0.15, 0.2) is 12.7 Å². The van der Waals surface area contributed by atoms with Crippen LogP contribution >= 0.6 is 11.8 Å². The fourth-order valence-corrected chi connectivity index (χ4v) is 1.45. The third-order valence-electron chi connectivity index (χ3n) is 1.59. The second-order valence-corrected chi connectivity index (χ2v) is 4.17. The van der Waals surface area contributed by atoms with Crippen molar-refractivity contribution < 1.29 is 32.6 Å². The molecule has 0 radical (unpaired) electrons. The zero-order valence-corrected chi connectivity index (χ0v) is 10.0. The maximum Gasteiger partial charge on any atom is 0.441 e. The van der Waals surface area contributed by atoms with Crippen LogP contribution in [0.5, 0.6) is 0 Å². The van der Waals surface area contributed by atoms with E-state index in [0.29, 0.717) is 0 Å². The maximum absolute atomic E-state index is 11.8. The first kappa shape index (κ1) is 16.6. The Bertz CT molecular complexity index is 309. The number of rotatable bonds is 7. The number of aliphatic carboxylic acids is 1. The molecule has 0 rings (SSSR count). The largest absolute Gasteiger partial charge is 0.480 e. The van der Waals surface area contributed by atoms with E-state index in [1.807, 2.05) is 5.32 Å². The maximum atomic E-state index is 11.8. The van der Waals surface area contributed by atoms with Gasteiger partial charge in [0.25, 0.3) is 0 Å². The molecule has 2 N–H and O–H groups in total. The van der Waals surface area contributed by atoms with Crippen LogP contribution in [0.4, 0.5) is 18.0 Å². The van der Waals surface area contributed by atoms with Gasteiger partial charge in [0, 0.05) is 5.75 Å². The van der Waals surface area contributed by atoms with Crippen molar-refractivity contribution in [1.29, 1.82) is 0 Å². The van der Waals surface area contributed by atoms with E-state index in [1.165, 1.54) is 6.08 Å². The summed E-state index contributed by atoms with van der Waals surface area (Å²) in [5.74, 6) is -1.89. The minimum absolute atomic E-state index is 0.116. The van der Waals surface area contributed by atoms with Crippen molar-refractivity contribution >= 4 is 23.8 Å². The van der Waals surface area contributed by atoms with Gasteiger partial charge in [-0.2, -0.15) is 13.2 Å². The van der Waals surface area contributed by atoms with Crippen LogP contribution in [-0.2, 0) is 9.53 Å². The Kier molecular flexibility index (Phi) is 7.25. The van der Waals surface area contributed by atoms with Crippen LogP contribution in [-0.4, -0.2) is 41.1 Å². The SMILES string of the molecule is C=CCOC(=O)N[C@H](CCSC(F)(F)F)C(=O)O. The van der Waals surface area contributed by atoms with Crippen LogP contribution in [0.3, 0.4) is 0 Å². The van der Waals surface area contributed by atoms with E-state index < -0.39 is 29.4 Å². The summed E-state index contributed by atoms with van der Waals surface area (Å²) in [7, 11) is 0. The minimum atomic E-state index is -4.42. The lowest BCUT2D eigenvalue weighted by atomic mass is 10.2. The van der Waals surface area contributed by atoms with Gasteiger partial charge in [-0.25, -0.2) is 9.59 Å². The number of ether oxygens (including phenoxy) is 1. The number of carbonyl (C=O) groups excluding carboxylic acids is 1. The van der Waals surface area contributed by atoms with Crippen LogP contribution in [0.2, 0.25) is 0 Å². The first-order chi connectivity index (χ1) is 8.26. The first-order valence-corrected chi connectivity index (χ1v) is 5.72. The highest BCUT2D eigenvalue weighted by Gasteiger charge is 2.29. The van der Waals surface area contributed by atoms with Gasteiger partial charge in [-0.3, -0.25) is 0 Å². The Hall–Kier alpha value is -1.38. The smallest absolute Gasteiger partial charge is 0.441 e. The normalized spacial score (nSPS) is 12.6. The molecule has 0 aromatic carbocycles. The average Bonchev–Trinajstić information content (AvgIpc) is 2.23. The quantitative estimate of drug-likeness (QED) is 0.700. The lowest BCUT2D eigenvalue weighted by Gasteiger charge is -2.14. The molecule has 0 aliphatic heterocycles. The highest BCUT2D eigenvalue weighted by molar-refractivity contribution is 8.00.